The lowest BCUT2D eigenvalue weighted by atomic mass is 10.0. The van der Waals surface area contributed by atoms with Gasteiger partial charge in [-0.3, -0.25) is 9.59 Å². The van der Waals surface area contributed by atoms with E-state index in [-0.39, 0.29) is 18.0 Å². The highest BCUT2D eigenvalue weighted by Gasteiger charge is 2.10. The monoisotopic (exact) mass is 335 g/mol. The minimum atomic E-state index is -0.342. The zero-order chi connectivity index (χ0) is 17.8. The van der Waals surface area contributed by atoms with Crippen LogP contribution in [-0.4, -0.2) is 22.6 Å². The van der Waals surface area contributed by atoms with E-state index in [2.05, 4.69) is 15.5 Å². The first-order chi connectivity index (χ1) is 12.1. The van der Waals surface area contributed by atoms with Gasteiger partial charge >= 0.3 is 0 Å². The van der Waals surface area contributed by atoms with E-state index in [0.717, 1.165) is 10.9 Å². The fraction of sp³-hybridized carbons (Fsp3) is 0.0556. The second kappa shape index (κ2) is 6.98. The molecular weight excluding hydrogens is 318 g/mol. The van der Waals surface area contributed by atoms with Crippen LogP contribution in [0.4, 0.5) is 5.69 Å². The summed E-state index contributed by atoms with van der Waals surface area (Å²) in [5.41, 5.74) is 13.0. The van der Waals surface area contributed by atoms with Crippen molar-refractivity contribution in [1.29, 1.82) is 0 Å². The van der Waals surface area contributed by atoms with E-state index in [1.54, 1.807) is 24.3 Å². The summed E-state index contributed by atoms with van der Waals surface area (Å²) in [5.74, 6) is -0.342. The van der Waals surface area contributed by atoms with Crippen LogP contribution in [0.25, 0.3) is 22.0 Å². The largest absolute Gasteiger partial charge is 0.404 e. The van der Waals surface area contributed by atoms with E-state index < -0.39 is 0 Å². The van der Waals surface area contributed by atoms with Gasteiger partial charge in [-0.25, -0.2) is 5.10 Å². The molecule has 6 N–H and O–H groups in total. The average molecular weight is 335 g/mol. The van der Waals surface area contributed by atoms with Gasteiger partial charge in [0.2, 0.25) is 0 Å². The molecule has 3 rings (SSSR count). The van der Waals surface area contributed by atoms with Crippen molar-refractivity contribution in [2.45, 2.75) is 0 Å². The predicted octanol–water partition coefficient (Wildman–Crippen LogP) is 1.33. The Morgan fingerprint density at radius 1 is 1.12 bits per heavy atom. The summed E-state index contributed by atoms with van der Waals surface area (Å²) in [4.78, 5) is 23.8. The number of anilines is 1. The van der Waals surface area contributed by atoms with Crippen LogP contribution >= 0.6 is 0 Å². The number of nitrogens with one attached hydrogen (secondary N) is 2. The first-order valence-electron chi connectivity index (χ1n) is 7.64. The second-order valence-electron chi connectivity index (χ2n) is 5.37. The van der Waals surface area contributed by atoms with E-state index in [0.29, 0.717) is 22.3 Å². The zero-order valence-corrected chi connectivity index (χ0v) is 13.3. The molecule has 0 spiro atoms. The molecule has 0 saturated heterocycles. The first kappa shape index (κ1) is 16.4. The van der Waals surface area contributed by atoms with E-state index >= 15 is 0 Å². The SMILES string of the molecule is N/C=C(\CN)C(=O)Nc1ccc(-c2n[nH]c(=O)c3ccccc23)cc1. The molecule has 0 unspecified atom stereocenters. The lowest BCUT2D eigenvalue weighted by molar-refractivity contribution is -0.112. The lowest BCUT2D eigenvalue weighted by Gasteiger charge is -2.08. The van der Waals surface area contributed by atoms with Gasteiger partial charge < -0.3 is 16.8 Å². The van der Waals surface area contributed by atoms with Gasteiger partial charge in [0, 0.05) is 35.0 Å². The molecule has 1 aromatic heterocycles. The van der Waals surface area contributed by atoms with Gasteiger partial charge in [-0.05, 0) is 18.2 Å². The number of nitrogens with two attached hydrogens (primary N) is 2. The molecule has 0 aliphatic carbocycles. The summed E-state index contributed by atoms with van der Waals surface area (Å²) in [6.45, 7) is 0.0632. The van der Waals surface area contributed by atoms with Gasteiger partial charge in [0.15, 0.2) is 0 Å². The lowest BCUT2D eigenvalue weighted by Crippen LogP contribution is -2.21. The van der Waals surface area contributed by atoms with Crippen LogP contribution in [0.1, 0.15) is 0 Å². The molecule has 0 aliphatic heterocycles. The standard InChI is InChI=1S/C18H17N5O2/c19-9-12(10-20)17(24)21-13-7-5-11(6-8-13)16-14-3-1-2-4-15(14)18(25)23-22-16/h1-9H,10,19-20H2,(H,21,24)(H,23,25)/b12-9+. The smallest absolute Gasteiger partial charge is 0.272 e. The zero-order valence-electron chi connectivity index (χ0n) is 13.3. The number of fused-ring (bicyclic) bond motifs is 1. The maximum absolute atomic E-state index is 12.0. The molecule has 0 saturated carbocycles. The third-order valence-corrected chi connectivity index (χ3v) is 3.83. The highest BCUT2D eigenvalue weighted by atomic mass is 16.1. The molecule has 0 aliphatic rings. The number of aromatic nitrogens is 2. The molecule has 25 heavy (non-hydrogen) atoms. The summed E-state index contributed by atoms with van der Waals surface area (Å²) >= 11 is 0. The van der Waals surface area contributed by atoms with Crippen molar-refractivity contribution in [3.63, 3.8) is 0 Å². The van der Waals surface area contributed by atoms with Gasteiger partial charge in [-0.15, -0.1) is 0 Å². The molecule has 0 radical (unpaired) electrons. The molecular formula is C18H17N5O2. The third kappa shape index (κ3) is 3.26. The van der Waals surface area contributed by atoms with E-state index in [1.165, 1.54) is 6.20 Å². The quantitative estimate of drug-likeness (QED) is 0.535. The summed E-state index contributed by atoms with van der Waals surface area (Å²) in [6.07, 6.45) is 1.19. The Morgan fingerprint density at radius 2 is 1.80 bits per heavy atom. The summed E-state index contributed by atoms with van der Waals surface area (Å²) in [6, 6.07) is 14.4. The van der Waals surface area contributed by atoms with Gasteiger partial charge in [0.05, 0.1) is 11.1 Å². The van der Waals surface area contributed by atoms with Crippen molar-refractivity contribution in [1.82, 2.24) is 10.2 Å². The van der Waals surface area contributed by atoms with Gasteiger partial charge in [-0.1, -0.05) is 30.3 Å². The number of carbonyl (C=O) groups is 1. The Hall–Kier alpha value is -3.45. The Balaban J connectivity index is 1.93. The molecule has 3 aromatic rings. The van der Waals surface area contributed by atoms with Crippen molar-refractivity contribution in [2.75, 3.05) is 11.9 Å². The molecule has 7 heteroatoms. The second-order valence-corrected chi connectivity index (χ2v) is 5.37. The van der Waals surface area contributed by atoms with Crippen molar-refractivity contribution in [2.24, 2.45) is 11.5 Å². The van der Waals surface area contributed by atoms with Crippen molar-refractivity contribution in [3.05, 3.63) is 70.7 Å². The van der Waals surface area contributed by atoms with Crippen LogP contribution in [0.3, 0.4) is 0 Å². The topological polar surface area (TPSA) is 127 Å². The van der Waals surface area contributed by atoms with Crippen molar-refractivity contribution >= 4 is 22.4 Å². The van der Waals surface area contributed by atoms with E-state index in [9.17, 15) is 9.59 Å². The van der Waals surface area contributed by atoms with Crippen LogP contribution in [0.2, 0.25) is 0 Å². The molecule has 7 nitrogen and oxygen atoms in total. The highest BCUT2D eigenvalue weighted by molar-refractivity contribution is 6.04. The predicted molar refractivity (Wildman–Crippen MR) is 97.8 cm³/mol. The minimum absolute atomic E-state index is 0.0632. The van der Waals surface area contributed by atoms with Crippen LogP contribution in [0.15, 0.2) is 65.1 Å². The minimum Gasteiger partial charge on any atom is -0.404 e. The Kier molecular flexibility index (Phi) is 4.58. The fourth-order valence-corrected chi connectivity index (χ4v) is 2.49. The number of nitrogens with zero attached hydrogens (tertiary/aromatic N) is 1. The van der Waals surface area contributed by atoms with Crippen molar-refractivity contribution in [3.8, 4) is 11.3 Å². The first-order valence-corrected chi connectivity index (χ1v) is 7.64. The normalized spacial score (nSPS) is 11.5. The Morgan fingerprint density at radius 3 is 2.44 bits per heavy atom. The van der Waals surface area contributed by atoms with E-state index in [1.807, 2.05) is 24.3 Å². The molecule has 1 amide bonds. The summed E-state index contributed by atoms with van der Waals surface area (Å²) in [7, 11) is 0. The summed E-state index contributed by atoms with van der Waals surface area (Å²) < 4.78 is 0. The molecule has 0 fully saturated rings. The number of aromatic amines is 1. The summed E-state index contributed by atoms with van der Waals surface area (Å²) in [5, 5.41) is 10.7. The number of carbonyl (C=O) groups excluding carboxylic acids is 1. The van der Waals surface area contributed by atoms with Gasteiger partial charge in [0.25, 0.3) is 11.5 Å². The van der Waals surface area contributed by atoms with Gasteiger partial charge in [-0.2, -0.15) is 5.10 Å². The molecule has 1 heterocycles. The fourth-order valence-electron chi connectivity index (χ4n) is 2.49. The molecule has 126 valence electrons. The highest BCUT2D eigenvalue weighted by Crippen LogP contribution is 2.25. The van der Waals surface area contributed by atoms with Crippen LogP contribution in [0.5, 0.6) is 0 Å². The van der Waals surface area contributed by atoms with Crippen LogP contribution < -0.4 is 22.3 Å². The molecule has 0 bridgehead atoms. The number of hydrogen-bond donors (Lipinski definition) is 4. The molecule has 0 atom stereocenters. The van der Waals surface area contributed by atoms with Crippen molar-refractivity contribution < 1.29 is 4.79 Å². The molecule has 2 aromatic carbocycles. The van der Waals surface area contributed by atoms with E-state index in [4.69, 9.17) is 11.5 Å². The number of amides is 1. The van der Waals surface area contributed by atoms with Gasteiger partial charge in [0.1, 0.15) is 0 Å². The number of hydrogen-bond acceptors (Lipinski definition) is 5. The Labute approximate surface area is 143 Å². The third-order valence-electron chi connectivity index (χ3n) is 3.83. The average Bonchev–Trinajstić information content (AvgIpc) is 2.64. The maximum atomic E-state index is 12.0. The maximum Gasteiger partial charge on any atom is 0.272 e. The number of rotatable bonds is 4. The van der Waals surface area contributed by atoms with Crippen LogP contribution in [-0.2, 0) is 4.79 Å². The number of benzene rings is 2. The van der Waals surface area contributed by atoms with Crippen LogP contribution in [0, 0.1) is 0 Å². The number of H-pyrrole nitrogens is 1. The Bertz CT molecular complexity index is 1010.